The first-order chi connectivity index (χ1) is 13.5. The molecular weight excluding hydrogens is 378 g/mol. The SMILES string of the molecule is COc1ccc([C@@H]2CCCCCN2S(=O)(=O)c2ccc(OC)c(OC)c2)cc1. The Morgan fingerprint density at radius 1 is 0.857 bits per heavy atom. The number of hydrogen-bond donors (Lipinski definition) is 0. The molecule has 0 saturated carbocycles. The fraction of sp³-hybridized carbons (Fsp3) is 0.429. The molecule has 3 rings (SSSR count). The number of methoxy groups -OCH3 is 3. The molecule has 0 bridgehead atoms. The third-order valence-corrected chi connectivity index (χ3v) is 7.07. The van der Waals surface area contributed by atoms with Crippen LogP contribution in [0, 0.1) is 0 Å². The lowest BCUT2D eigenvalue weighted by molar-refractivity contribution is 0.327. The van der Waals surface area contributed by atoms with Crippen LogP contribution in [0.2, 0.25) is 0 Å². The lowest BCUT2D eigenvalue weighted by Crippen LogP contribution is -2.34. The summed E-state index contributed by atoms with van der Waals surface area (Å²) in [5.74, 6) is 1.66. The second kappa shape index (κ2) is 8.84. The van der Waals surface area contributed by atoms with Gasteiger partial charge in [-0.05, 0) is 42.7 Å². The average Bonchev–Trinajstić information content (AvgIpc) is 3.00. The fourth-order valence-electron chi connectivity index (χ4n) is 3.64. The maximum atomic E-state index is 13.5. The number of ether oxygens (including phenoxy) is 3. The lowest BCUT2D eigenvalue weighted by Gasteiger charge is -2.30. The Morgan fingerprint density at radius 2 is 1.57 bits per heavy atom. The summed E-state index contributed by atoms with van der Waals surface area (Å²) in [5, 5.41) is 0. The summed E-state index contributed by atoms with van der Waals surface area (Å²) in [4.78, 5) is 0.213. The second-order valence-corrected chi connectivity index (χ2v) is 8.66. The van der Waals surface area contributed by atoms with Gasteiger partial charge in [-0.15, -0.1) is 0 Å². The predicted molar refractivity (Wildman–Crippen MR) is 108 cm³/mol. The van der Waals surface area contributed by atoms with Crippen LogP contribution in [0.25, 0.3) is 0 Å². The van der Waals surface area contributed by atoms with Crippen LogP contribution in [0.3, 0.4) is 0 Å². The van der Waals surface area contributed by atoms with E-state index in [1.165, 1.54) is 20.3 Å². The van der Waals surface area contributed by atoms with E-state index in [1.54, 1.807) is 23.5 Å². The molecule has 6 nitrogen and oxygen atoms in total. The molecule has 0 amide bonds. The molecule has 1 fully saturated rings. The average molecular weight is 406 g/mol. The van der Waals surface area contributed by atoms with E-state index in [0.717, 1.165) is 37.0 Å². The van der Waals surface area contributed by atoms with Crippen LogP contribution in [0.1, 0.15) is 37.3 Å². The van der Waals surface area contributed by atoms with E-state index >= 15 is 0 Å². The van der Waals surface area contributed by atoms with Crippen LogP contribution in [0.4, 0.5) is 0 Å². The van der Waals surface area contributed by atoms with Crippen LogP contribution in [-0.4, -0.2) is 40.6 Å². The molecule has 0 N–H and O–H groups in total. The highest BCUT2D eigenvalue weighted by molar-refractivity contribution is 7.89. The molecule has 1 saturated heterocycles. The highest BCUT2D eigenvalue weighted by Gasteiger charge is 2.34. The van der Waals surface area contributed by atoms with Crippen molar-refractivity contribution in [1.29, 1.82) is 0 Å². The maximum Gasteiger partial charge on any atom is 0.243 e. The van der Waals surface area contributed by atoms with Gasteiger partial charge in [-0.25, -0.2) is 8.42 Å². The van der Waals surface area contributed by atoms with Gasteiger partial charge >= 0.3 is 0 Å². The van der Waals surface area contributed by atoms with Crippen molar-refractivity contribution in [3.05, 3.63) is 48.0 Å². The van der Waals surface area contributed by atoms with Crippen LogP contribution in [0.5, 0.6) is 17.2 Å². The van der Waals surface area contributed by atoms with Crippen LogP contribution >= 0.6 is 0 Å². The van der Waals surface area contributed by atoms with Crippen molar-refractivity contribution in [1.82, 2.24) is 4.31 Å². The van der Waals surface area contributed by atoms with Crippen LogP contribution in [0.15, 0.2) is 47.4 Å². The molecule has 7 heteroatoms. The molecule has 28 heavy (non-hydrogen) atoms. The summed E-state index contributed by atoms with van der Waals surface area (Å²) in [7, 11) is 0.959. The zero-order chi connectivity index (χ0) is 20.1. The maximum absolute atomic E-state index is 13.5. The molecule has 0 radical (unpaired) electrons. The topological polar surface area (TPSA) is 65.1 Å². The molecule has 152 valence electrons. The first-order valence-corrected chi connectivity index (χ1v) is 10.8. The summed E-state index contributed by atoms with van der Waals surface area (Å²) in [5.41, 5.74) is 0.978. The number of hydrogen-bond acceptors (Lipinski definition) is 5. The molecule has 0 spiro atoms. The minimum absolute atomic E-state index is 0.202. The van der Waals surface area contributed by atoms with Crippen molar-refractivity contribution in [3.63, 3.8) is 0 Å². The summed E-state index contributed by atoms with van der Waals surface area (Å²) in [6.07, 6.45) is 3.65. The largest absolute Gasteiger partial charge is 0.497 e. The summed E-state index contributed by atoms with van der Waals surface area (Å²) < 4.78 is 44.4. The standard InChI is InChI=1S/C21H27NO5S/c1-25-17-10-8-16(9-11-17)19-7-5-4-6-14-22(19)28(23,24)18-12-13-20(26-2)21(15-18)27-3/h8-13,15,19H,4-7,14H2,1-3H3/t19-/m0/s1. The van der Waals surface area contributed by atoms with Gasteiger partial charge in [0.1, 0.15) is 5.75 Å². The Kier molecular flexibility index (Phi) is 6.46. The van der Waals surface area contributed by atoms with E-state index < -0.39 is 10.0 Å². The lowest BCUT2D eigenvalue weighted by atomic mass is 10.0. The van der Waals surface area contributed by atoms with Gasteiger partial charge < -0.3 is 14.2 Å². The van der Waals surface area contributed by atoms with Crippen molar-refractivity contribution >= 4 is 10.0 Å². The smallest absolute Gasteiger partial charge is 0.243 e. The minimum atomic E-state index is -3.69. The van der Waals surface area contributed by atoms with E-state index in [4.69, 9.17) is 14.2 Å². The normalized spacial score (nSPS) is 18.3. The molecule has 0 aromatic heterocycles. The van der Waals surface area contributed by atoms with Gasteiger partial charge in [-0.3, -0.25) is 0 Å². The Hall–Kier alpha value is -2.25. The van der Waals surface area contributed by atoms with Crippen molar-refractivity contribution in [2.45, 2.75) is 36.6 Å². The predicted octanol–water partition coefficient (Wildman–Crippen LogP) is 4.02. The van der Waals surface area contributed by atoms with E-state index in [2.05, 4.69) is 0 Å². The van der Waals surface area contributed by atoms with Gasteiger partial charge in [-0.2, -0.15) is 4.31 Å². The van der Waals surface area contributed by atoms with Crippen molar-refractivity contribution in [2.24, 2.45) is 0 Å². The summed E-state index contributed by atoms with van der Waals surface area (Å²) in [6, 6.07) is 12.2. The molecule has 1 heterocycles. The van der Waals surface area contributed by atoms with E-state index in [-0.39, 0.29) is 10.9 Å². The monoisotopic (exact) mass is 405 g/mol. The third-order valence-electron chi connectivity index (χ3n) is 5.17. The van der Waals surface area contributed by atoms with Gasteiger partial charge in [0.25, 0.3) is 0 Å². The Balaban J connectivity index is 2.00. The first kappa shape index (κ1) is 20.5. The minimum Gasteiger partial charge on any atom is -0.497 e. The molecule has 2 aromatic rings. The van der Waals surface area contributed by atoms with Gasteiger partial charge in [-0.1, -0.05) is 25.0 Å². The molecule has 0 unspecified atom stereocenters. The molecule has 1 aliphatic heterocycles. The number of sulfonamides is 1. The Morgan fingerprint density at radius 3 is 2.21 bits per heavy atom. The number of rotatable bonds is 6. The molecule has 2 aromatic carbocycles. The highest BCUT2D eigenvalue weighted by atomic mass is 32.2. The zero-order valence-corrected chi connectivity index (χ0v) is 17.4. The highest BCUT2D eigenvalue weighted by Crippen LogP contribution is 2.37. The quantitative estimate of drug-likeness (QED) is 0.726. The molecule has 0 aliphatic carbocycles. The summed E-state index contributed by atoms with van der Waals surface area (Å²) in [6.45, 7) is 0.493. The molecular formula is C21H27NO5S. The third kappa shape index (κ3) is 4.10. The second-order valence-electron chi connectivity index (χ2n) is 6.77. The van der Waals surface area contributed by atoms with Crippen LogP contribution < -0.4 is 14.2 Å². The number of benzene rings is 2. The van der Waals surface area contributed by atoms with Crippen molar-refractivity contribution < 1.29 is 22.6 Å². The van der Waals surface area contributed by atoms with Gasteiger partial charge in [0, 0.05) is 12.6 Å². The Labute approximate surface area is 167 Å². The summed E-state index contributed by atoms with van der Waals surface area (Å²) >= 11 is 0. The zero-order valence-electron chi connectivity index (χ0n) is 16.6. The van der Waals surface area contributed by atoms with E-state index in [1.807, 2.05) is 24.3 Å². The van der Waals surface area contributed by atoms with E-state index in [9.17, 15) is 8.42 Å². The van der Waals surface area contributed by atoms with Gasteiger partial charge in [0.2, 0.25) is 10.0 Å². The number of nitrogens with zero attached hydrogens (tertiary/aromatic N) is 1. The Bertz CT molecular complexity index is 896. The van der Waals surface area contributed by atoms with Gasteiger partial charge in [0.15, 0.2) is 11.5 Å². The van der Waals surface area contributed by atoms with Gasteiger partial charge in [0.05, 0.1) is 32.3 Å². The van der Waals surface area contributed by atoms with Crippen molar-refractivity contribution in [3.8, 4) is 17.2 Å². The molecule has 1 atom stereocenters. The van der Waals surface area contributed by atoms with Crippen molar-refractivity contribution in [2.75, 3.05) is 27.9 Å². The first-order valence-electron chi connectivity index (χ1n) is 9.39. The fourth-order valence-corrected chi connectivity index (χ4v) is 5.34. The van der Waals surface area contributed by atoms with E-state index in [0.29, 0.717) is 18.0 Å². The molecule has 1 aliphatic rings. The van der Waals surface area contributed by atoms with Crippen LogP contribution in [-0.2, 0) is 10.0 Å².